The monoisotopic (exact) mass is 267 g/mol. The molecule has 2 heterocycles. The first kappa shape index (κ1) is 12.2. The van der Waals surface area contributed by atoms with Gasteiger partial charge in [0, 0.05) is 18.0 Å². The number of para-hydroxylation sites is 1. The van der Waals surface area contributed by atoms with E-state index in [-0.39, 0.29) is 0 Å². The molecule has 100 valence electrons. The molecule has 2 N–H and O–H groups in total. The summed E-state index contributed by atoms with van der Waals surface area (Å²) in [4.78, 5) is 4.10. The van der Waals surface area contributed by atoms with Crippen molar-refractivity contribution >= 4 is 5.82 Å². The molecule has 0 aliphatic heterocycles. The van der Waals surface area contributed by atoms with E-state index < -0.39 is 0 Å². The quantitative estimate of drug-likeness (QED) is 0.789. The molecule has 0 aliphatic rings. The van der Waals surface area contributed by atoms with Crippen LogP contribution in [0, 0.1) is 0 Å². The van der Waals surface area contributed by atoms with Gasteiger partial charge in [-0.25, -0.2) is 0 Å². The lowest BCUT2D eigenvalue weighted by atomic mass is 10.0. The summed E-state index contributed by atoms with van der Waals surface area (Å²) in [5, 5.41) is 3.86. The smallest absolute Gasteiger partial charge is 0.180 e. The van der Waals surface area contributed by atoms with Crippen LogP contribution in [0.2, 0.25) is 0 Å². The minimum atomic E-state index is 0.332. The molecule has 3 aromatic rings. The highest BCUT2D eigenvalue weighted by molar-refractivity contribution is 5.87. The molecule has 0 aliphatic carbocycles. The van der Waals surface area contributed by atoms with Crippen LogP contribution >= 0.6 is 0 Å². The Morgan fingerprint density at radius 1 is 1.15 bits per heavy atom. The number of ether oxygens (including phenoxy) is 1. The molecule has 20 heavy (non-hydrogen) atoms. The summed E-state index contributed by atoms with van der Waals surface area (Å²) in [5.74, 6) is 1.61. The van der Waals surface area contributed by atoms with E-state index in [4.69, 9.17) is 15.0 Å². The number of nitrogens with two attached hydrogens (primary N) is 1. The van der Waals surface area contributed by atoms with Gasteiger partial charge in [0.25, 0.3) is 0 Å². The summed E-state index contributed by atoms with van der Waals surface area (Å²) in [5.41, 5.74) is 8.31. The molecule has 0 radical (unpaired) electrons. The van der Waals surface area contributed by atoms with E-state index in [2.05, 4.69) is 10.1 Å². The number of methoxy groups -OCH3 is 1. The van der Waals surface area contributed by atoms with Gasteiger partial charge >= 0.3 is 0 Å². The lowest BCUT2D eigenvalue weighted by Gasteiger charge is -2.07. The number of pyridine rings is 1. The van der Waals surface area contributed by atoms with Gasteiger partial charge in [-0.3, -0.25) is 4.98 Å². The minimum Gasteiger partial charge on any atom is -0.496 e. The third-order valence-electron chi connectivity index (χ3n) is 3.02. The Bertz CT molecular complexity index is 723. The van der Waals surface area contributed by atoms with E-state index >= 15 is 0 Å². The Morgan fingerprint density at radius 3 is 2.75 bits per heavy atom. The highest BCUT2D eigenvalue weighted by Gasteiger charge is 2.20. The number of benzene rings is 1. The van der Waals surface area contributed by atoms with Gasteiger partial charge in [0.1, 0.15) is 5.75 Å². The maximum Gasteiger partial charge on any atom is 0.180 e. The highest BCUT2D eigenvalue weighted by Crippen LogP contribution is 2.39. The van der Waals surface area contributed by atoms with Crippen LogP contribution in [0.3, 0.4) is 0 Å². The Balaban J connectivity index is 2.22. The zero-order valence-electron chi connectivity index (χ0n) is 10.9. The Hall–Kier alpha value is -2.82. The average Bonchev–Trinajstić information content (AvgIpc) is 2.89. The van der Waals surface area contributed by atoms with Crippen molar-refractivity contribution < 1.29 is 9.26 Å². The van der Waals surface area contributed by atoms with Crippen molar-refractivity contribution in [2.45, 2.75) is 0 Å². The number of nitrogen functional groups attached to an aromatic ring is 1. The van der Waals surface area contributed by atoms with Gasteiger partial charge in [-0.2, -0.15) is 0 Å². The van der Waals surface area contributed by atoms with Gasteiger partial charge in [0.15, 0.2) is 11.6 Å². The fourth-order valence-electron chi connectivity index (χ4n) is 2.11. The molecule has 0 saturated carbocycles. The van der Waals surface area contributed by atoms with Crippen LogP contribution < -0.4 is 10.5 Å². The van der Waals surface area contributed by atoms with Crippen molar-refractivity contribution in [2.75, 3.05) is 12.8 Å². The van der Waals surface area contributed by atoms with Crippen molar-refractivity contribution in [3.63, 3.8) is 0 Å². The SMILES string of the molecule is COc1ccccc1-c1onc(N)c1-c1cccnc1. The summed E-state index contributed by atoms with van der Waals surface area (Å²) in [6, 6.07) is 11.3. The molecule has 2 aromatic heterocycles. The fraction of sp³-hybridized carbons (Fsp3) is 0.0667. The molecule has 0 unspecified atom stereocenters. The number of hydrogen-bond donors (Lipinski definition) is 1. The van der Waals surface area contributed by atoms with Gasteiger partial charge in [-0.15, -0.1) is 0 Å². The molecular weight excluding hydrogens is 254 g/mol. The first-order valence-electron chi connectivity index (χ1n) is 6.10. The van der Waals surface area contributed by atoms with E-state index in [9.17, 15) is 0 Å². The molecule has 0 atom stereocenters. The topological polar surface area (TPSA) is 74.2 Å². The molecule has 5 heteroatoms. The van der Waals surface area contributed by atoms with Gasteiger partial charge in [-0.05, 0) is 18.2 Å². The number of nitrogens with zero attached hydrogens (tertiary/aromatic N) is 2. The van der Waals surface area contributed by atoms with Crippen LogP contribution in [-0.2, 0) is 0 Å². The first-order chi connectivity index (χ1) is 9.81. The molecule has 5 nitrogen and oxygen atoms in total. The van der Waals surface area contributed by atoms with Gasteiger partial charge < -0.3 is 15.0 Å². The molecule has 0 bridgehead atoms. The second-order valence-electron chi connectivity index (χ2n) is 4.21. The molecule has 0 saturated heterocycles. The highest BCUT2D eigenvalue weighted by atomic mass is 16.5. The predicted octanol–water partition coefficient (Wildman–Crippen LogP) is 2.99. The standard InChI is InChI=1S/C15H13N3O2/c1-19-12-7-3-2-6-11(12)14-13(15(16)18-20-14)10-5-4-8-17-9-10/h2-9H,1H3,(H2,16,18). The average molecular weight is 267 g/mol. The molecule has 0 spiro atoms. The van der Waals surface area contributed by atoms with Crippen molar-refractivity contribution in [1.82, 2.24) is 10.1 Å². The van der Waals surface area contributed by atoms with Gasteiger partial charge in [0.2, 0.25) is 0 Å². The summed E-state index contributed by atoms with van der Waals surface area (Å²) in [7, 11) is 1.61. The largest absolute Gasteiger partial charge is 0.496 e. The number of anilines is 1. The van der Waals surface area contributed by atoms with E-state index in [1.165, 1.54) is 0 Å². The first-order valence-corrected chi connectivity index (χ1v) is 6.10. The van der Waals surface area contributed by atoms with Crippen LogP contribution in [0.1, 0.15) is 0 Å². The van der Waals surface area contributed by atoms with Crippen LogP contribution in [-0.4, -0.2) is 17.3 Å². The number of rotatable bonds is 3. The lowest BCUT2D eigenvalue weighted by Crippen LogP contribution is -1.91. The van der Waals surface area contributed by atoms with Crippen molar-refractivity contribution in [2.24, 2.45) is 0 Å². The van der Waals surface area contributed by atoms with E-state index in [0.717, 1.165) is 16.7 Å². The summed E-state index contributed by atoms with van der Waals surface area (Å²) < 4.78 is 10.8. The third-order valence-corrected chi connectivity index (χ3v) is 3.02. The predicted molar refractivity (Wildman–Crippen MR) is 76.1 cm³/mol. The Labute approximate surface area is 116 Å². The second-order valence-corrected chi connectivity index (χ2v) is 4.21. The second kappa shape index (κ2) is 5.05. The maximum atomic E-state index is 5.93. The van der Waals surface area contributed by atoms with Gasteiger partial charge in [0.05, 0.1) is 18.2 Å². The fourth-order valence-corrected chi connectivity index (χ4v) is 2.11. The number of aromatic nitrogens is 2. The summed E-state index contributed by atoms with van der Waals surface area (Å²) in [6.07, 6.45) is 3.43. The minimum absolute atomic E-state index is 0.332. The molecule has 0 fully saturated rings. The lowest BCUT2D eigenvalue weighted by molar-refractivity contribution is 0.407. The summed E-state index contributed by atoms with van der Waals surface area (Å²) >= 11 is 0. The van der Waals surface area contributed by atoms with Crippen molar-refractivity contribution in [3.05, 3.63) is 48.8 Å². The van der Waals surface area contributed by atoms with Gasteiger partial charge in [-0.1, -0.05) is 23.4 Å². The van der Waals surface area contributed by atoms with E-state index in [0.29, 0.717) is 17.3 Å². The Morgan fingerprint density at radius 2 is 2.00 bits per heavy atom. The van der Waals surface area contributed by atoms with E-state index in [1.807, 2.05) is 36.4 Å². The van der Waals surface area contributed by atoms with E-state index in [1.54, 1.807) is 19.5 Å². The normalized spacial score (nSPS) is 10.4. The molecule has 0 amide bonds. The van der Waals surface area contributed by atoms with Crippen LogP contribution in [0.5, 0.6) is 5.75 Å². The van der Waals surface area contributed by atoms with Crippen LogP contribution in [0.15, 0.2) is 53.3 Å². The Kier molecular flexibility index (Phi) is 3.09. The zero-order chi connectivity index (χ0) is 13.9. The summed E-state index contributed by atoms with van der Waals surface area (Å²) in [6.45, 7) is 0. The molecular formula is C15H13N3O2. The van der Waals surface area contributed by atoms with Crippen LogP contribution in [0.25, 0.3) is 22.5 Å². The molecule has 3 rings (SSSR count). The molecule has 1 aromatic carbocycles. The van der Waals surface area contributed by atoms with Crippen LogP contribution in [0.4, 0.5) is 5.82 Å². The van der Waals surface area contributed by atoms with Crippen molar-refractivity contribution in [1.29, 1.82) is 0 Å². The van der Waals surface area contributed by atoms with Crippen molar-refractivity contribution in [3.8, 4) is 28.2 Å². The maximum absolute atomic E-state index is 5.93. The third kappa shape index (κ3) is 1.99. The zero-order valence-corrected chi connectivity index (χ0v) is 10.9. The number of hydrogen-bond acceptors (Lipinski definition) is 5.